The molecule has 8 heteroatoms. The highest BCUT2D eigenvalue weighted by molar-refractivity contribution is 6.31. The van der Waals surface area contributed by atoms with Crippen molar-refractivity contribution in [3.63, 3.8) is 0 Å². The monoisotopic (exact) mass is 323 g/mol. The van der Waals surface area contributed by atoms with Gasteiger partial charge >= 0.3 is 6.03 Å². The number of halogens is 1. The topological polar surface area (TPSA) is 90.1 Å². The lowest BCUT2D eigenvalue weighted by Gasteiger charge is -2.22. The average molecular weight is 324 g/mol. The van der Waals surface area contributed by atoms with Gasteiger partial charge in [0, 0.05) is 12.1 Å². The minimum absolute atomic E-state index is 0.0758. The van der Waals surface area contributed by atoms with Gasteiger partial charge in [-0.1, -0.05) is 11.6 Å². The molecule has 22 heavy (non-hydrogen) atoms. The summed E-state index contributed by atoms with van der Waals surface area (Å²) in [6.45, 7) is 2.00. The molecular formula is C14H18ClN5O2. The van der Waals surface area contributed by atoms with Crippen molar-refractivity contribution in [2.75, 3.05) is 20.6 Å². The van der Waals surface area contributed by atoms with Crippen molar-refractivity contribution in [3.8, 4) is 0 Å². The molecule has 0 radical (unpaired) electrons. The van der Waals surface area contributed by atoms with E-state index in [4.69, 9.17) is 11.6 Å². The highest BCUT2D eigenvalue weighted by Crippen LogP contribution is 2.22. The molecule has 1 unspecified atom stereocenters. The van der Waals surface area contributed by atoms with Crippen LogP contribution in [0.5, 0.6) is 0 Å². The lowest BCUT2D eigenvalue weighted by Crippen LogP contribution is -2.43. The molecule has 0 aliphatic heterocycles. The fourth-order valence-corrected chi connectivity index (χ4v) is 2.17. The summed E-state index contributed by atoms with van der Waals surface area (Å²) in [4.78, 5) is 32.3. The summed E-state index contributed by atoms with van der Waals surface area (Å²) in [6, 6.07) is 4.77. The summed E-state index contributed by atoms with van der Waals surface area (Å²) in [6.07, 6.45) is 0. The number of urea groups is 1. The average Bonchev–Trinajstić information content (AvgIpc) is 2.88. The van der Waals surface area contributed by atoms with Crippen LogP contribution in [0.1, 0.15) is 18.8 Å². The molecule has 1 heterocycles. The van der Waals surface area contributed by atoms with Crippen molar-refractivity contribution in [1.82, 2.24) is 25.5 Å². The third-order valence-corrected chi connectivity index (χ3v) is 3.63. The predicted molar refractivity (Wildman–Crippen MR) is 84.7 cm³/mol. The number of likely N-dealkylation sites (N-methyl/N-ethyl adjacent to an activating group) is 1. The second-order valence-corrected chi connectivity index (χ2v) is 5.44. The molecule has 0 aliphatic carbocycles. The van der Waals surface area contributed by atoms with Gasteiger partial charge in [-0.3, -0.25) is 15.0 Å². The normalized spacial score (nSPS) is 12.4. The van der Waals surface area contributed by atoms with Crippen molar-refractivity contribution >= 4 is 34.6 Å². The first-order valence-corrected chi connectivity index (χ1v) is 7.15. The molecule has 0 saturated carbocycles. The second kappa shape index (κ2) is 6.76. The number of aromatic amines is 1. The molecule has 0 fully saturated rings. The zero-order chi connectivity index (χ0) is 16.3. The lowest BCUT2D eigenvalue weighted by atomic mass is 10.3. The minimum atomic E-state index is -0.524. The van der Waals surface area contributed by atoms with E-state index in [9.17, 15) is 9.59 Å². The van der Waals surface area contributed by atoms with E-state index < -0.39 is 6.03 Å². The van der Waals surface area contributed by atoms with Crippen LogP contribution in [-0.2, 0) is 4.79 Å². The highest BCUT2D eigenvalue weighted by Gasteiger charge is 2.19. The van der Waals surface area contributed by atoms with Gasteiger partial charge in [0.15, 0.2) is 0 Å². The maximum absolute atomic E-state index is 11.7. The number of H-pyrrole nitrogens is 1. The number of benzene rings is 1. The Balaban J connectivity index is 2.06. The van der Waals surface area contributed by atoms with Gasteiger partial charge in [0.25, 0.3) is 0 Å². The molecule has 0 saturated heterocycles. The maximum Gasteiger partial charge on any atom is 0.321 e. The zero-order valence-corrected chi connectivity index (χ0v) is 13.4. The molecule has 1 aromatic heterocycles. The van der Waals surface area contributed by atoms with Gasteiger partial charge in [-0.05, 0) is 32.2 Å². The first-order chi connectivity index (χ1) is 10.4. The van der Waals surface area contributed by atoms with Crippen LogP contribution < -0.4 is 10.6 Å². The van der Waals surface area contributed by atoms with E-state index in [1.807, 2.05) is 13.0 Å². The SMILES string of the molecule is CNC(=O)NC(=O)CN(C)C(C)c1nc2ccc(Cl)cc2[nH]1. The van der Waals surface area contributed by atoms with Crippen LogP contribution in [0.3, 0.4) is 0 Å². The van der Waals surface area contributed by atoms with E-state index in [-0.39, 0.29) is 18.5 Å². The number of carbonyl (C=O) groups is 2. The van der Waals surface area contributed by atoms with Crippen molar-refractivity contribution in [2.24, 2.45) is 0 Å². The van der Waals surface area contributed by atoms with Crippen molar-refractivity contribution in [2.45, 2.75) is 13.0 Å². The Bertz CT molecular complexity index is 700. The Morgan fingerprint density at radius 1 is 1.45 bits per heavy atom. The number of hydrogen-bond donors (Lipinski definition) is 3. The fourth-order valence-electron chi connectivity index (χ4n) is 2.00. The highest BCUT2D eigenvalue weighted by atomic mass is 35.5. The smallest absolute Gasteiger partial charge is 0.321 e. The van der Waals surface area contributed by atoms with Gasteiger partial charge in [-0.2, -0.15) is 0 Å². The summed E-state index contributed by atoms with van der Waals surface area (Å²) in [5.74, 6) is 0.348. The van der Waals surface area contributed by atoms with Crippen molar-refractivity contribution in [3.05, 3.63) is 29.0 Å². The first kappa shape index (κ1) is 16.3. The van der Waals surface area contributed by atoms with Crippen LogP contribution in [0.2, 0.25) is 5.02 Å². The summed E-state index contributed by atoms with van der Waals surface area (Å²) in [5, 5.41) is 5.19. The number of amides is 3. The molecule has 3 amide bonds. The Kier molecular flexibility index (Phi) is 4.99. The molecule has 0 spiro atoms. The third kappa shape index (κ3) is 3.75. The Labute approximate surface area is 133 Å². The van der Waals surface area contributed by atoms with Gasteiger partial charge in [0.05, 0.1) is 23.6 Å². The summed E-state index contributed by atoms with van der Waals surface area (Å²) in [7, 11) is 3.24. The van der Waals surface area contributed by atoms with Crippen molar-refractivity contribution < 1.29 is 9.59 Å². The molecular weight excluding hydrogens is 306 g/mol. The van der Waals surface area contributed by atoms with Gasteiger partial charge in [-0.15, -0.1) is 0 Å². The Morgan fingerprint density at radius 3 is 2.86 bits per heavy atom. The number of carbonyl (C=O) groups excluding carboxylic acids is 2. The molecule has 0 aliphatic rings. The lowest BCUT2D eigenvalue weighted by molar-refractivity contribution is -0.121. The minimum Gasteiger partial charge on any atom is -0.341 e. The quantitative estimate of drug-likeness (QED) is 0.798. The standard InChI is InChI=1S/C14H18ClN5O2/c1-8(20(3)7-12(21)19-14(22)16-2)13-17-10-5-4-9(15)6-11(10)18-13/h4-6,8H,7H2,1-3H3,(H,17,18)(H2,16,19,21,22). The Morgan fingerprint density at radius 2 is 2.18 bits per heavy atom. The molecule has 2 rings (SSSR count). The number of hydrogen-bond acceptors (Lipinski definition) is 4. The van der Waals surface area contributed by atoms with Crippen LogP contribution in [0.4, 0.5) is 4.79 Å². The van der Waals surface area contributed by atoms with E-state index in [0.29, 0.717) is 5.02 Å². The van der Waals surface area contributed by atoms with Gasteiger partial charge in [0.1, 0.15) is 5.82 Å². The van der Waals surface area contributed by atoms with E-state index in [0.717, 1.165) is 16.9 Å². The molecule has 0 bridgehead atoms. The molecule has 1 atom stereocenters. The van der Waals surface area contributed by atoms with Crippen LogP contribution >= 0.6 is 11.6 Å². The number of fused-ring (bicyclic) bond motifs is 1. The van der Waals surface area contributed by atoms with Gasteiger partial charge < -0.3 is 10.3 Å². The molecule has 3 N–H and O–H groups in total. The summed E-state index contributed by atoms with van der Waals surface area (Å²) >= 11 is 5.95. The molecule has 2 aromatic rings. The van der Waals surface area contributed by atoms with Crippen LogP contribution in [0.25, 0.3) is 11.0 Å². The summed E-state index contributed by atoms with van der Waals surface area (Å²) < 4.78 is 0. The number of nitrogens with one attached hydrogen (secondary N) is 3. The van der Waals surface area contributed by atoms with Gasteiger partial charge in [-0.25, -0.2) is 9.78 Å². The van der Waals surface area contributed by atoms with Crippen LogP contribution in [0.15, 0.2) is 18.2 Å². The van der Waals surface area contributed by atoms with E-state index >= 15 is 0 Å². The fraction of sp³-hybridized carbons (Fsp3) is 0.357. The molecule has 1 aromatic carbocycles. The van der Waals surface area contributed by atoms with Crippen molar-refractivity contribution in [1.29, 1.82) is 0 Å². The van der Waals surface area contributed by atoms with Crippen LogP contribution in [-0.4, -0.2) is 47.4 Å². The largest absolute Gasteiger partial charge is 0.341 e. The number of aromatic nitrogens is 2. The number of imide groups is 1. The number of rotatable bonds is 4. The predicted octanol–water partition coefficient (Wildman–Crippen LogP) is 1.66. The first-order valence-electron chi connectivity index (χ1n) is 6.77. The Hall–Kier alpha value is -2.12. The zero-order valence-electron chi connectivity index (χ0n) is 12.6. The molecule has 118 valence electrons. The molecule has 7 nitrogen and oxygen atoms in total. The van der Waals surface area contributed by atoms with E-state index in [1.54, 1.807) is 24.1 Å². The van der Waals surface area contributed by atoms with Crippen LogP contribution in [0, 0.1) is 0 Å². The number of imidazole rings is 1. The summed E-state index contributed by atoms with van der Waals surface area (Å²) in [5.41, 5.74) is 1.66. The maximum atomic E-state index is 11.7. The van der Waals surface area contributed by atoms with E-state index in [2.05, 4.69) is 20.6 Å². The number of nitrogens with zero attached hydrogens (tertiary/aromatic N) is 2. The second-order valence-electron chi connectivity index (χ2n) is 5.00. The van der Waals surface area contributed by atoms with Gasteiger partial charge in [0.2, 0.25) is 5.91 Å². The van der Waals surface area contributed by atoms with E-state index in [1.165, 1.54) is 7.05 Å². The third-order valence-electron chi connectivity index (χ3n) is 3.39.